The number of nitrogens with zero attached hydrogens (tertiary/aromatic N) is 1. The minimum atomic E-state index is -0.203. The Morgan fingerprint density at radius 2 is 1.76 bits per heavy atom. The average molecular weight is 481 g/mol. The van der Waals surface area contributed by atoms with Gasteiger partial charge in [0.2, 0.25) is 0 Å². The van der Waals surface area contributed by atoms with Crippen molar-refractivity contribution in [3.05, 3.63) is 87.8 Å². The van der Waals surface area contributed by atoms with Gasteiger partial charge in [-0.05, 0) is 53.7 Å². The number of thioether (sulfide) groups is 1. The highest BCUT2D eigenvalue weighted by atomic mass is 35.5. The van der Waals surface area contributed by atoms with Gasteiger partial charge >= 0.3 is 0 Å². The maximum Gasteiger partial charge on any atom is 0.264 e. The highest BCUT2D eigenvalue weighted by Gasteiger charge is 2.24. The molecule has 1 N–H and O–H groups in total. The Morgan fingerprint density at radius 3 is 2.48 bits per heavy atom. The number of nitrogens with one attached hydrogen (secondary N) is 1. The van der Waals surface area contributed by atoms with E-state index in [2.05, 4.69) is 10.3 Å². The molecule has 0 radical (unpaired) electrons. The monoisotopic (exact) mass is 480 g/mol. The summed E-state index contributed by atoms with van der Waals surface area (Å²) in [7, 11) is 3.15. The second-order valence-corrected chi connectivity index (χ2v) is 8.41. The SMILES string of the molecule is COc1ccc(N=C2NC(=O)/C(=C/c3ccc(OCc4ccccc4Cl)cc3)S2)c(OC)c1. The fourth-order valence-electron chi connectivity index (χ4n) is 3.06. The lowest BCUT2D eigenvalue weighted by Crippen LogP contribution is -2.19. The minimum absolute atomic E-state index is 0.203. The molecule has 3 aromatic carbocycles. The van der Waals surface area contributed by atoms with Crippen molar-refractivity contribution in [1.29, 1.82) is 0 Å². The largest absolute Gasteiger partial charge is 0.497 e. The number of carbonyl (C=O) groups excluding carboxylic acids is 1. The average Bonchev–Trinajstić information content (AvgIpc) is 3.18. The molecule has 33 heavy (non-hydrogen) atoms. The Balaban J connectivity index is 1.44. The first-order chi connectivity index (χ1) is 16.1. The van der Waals surface area contributed by atoms with Gasteiger partial charge in [0.1, 0.15) is 29.5 Å². The molecule has 1 amide bonds. The van der Waals surface area contributed by atoms with Gasteiger partial charge in [-0.1, -0.05) is 41.9 Å². The van der Waals surface area contributed by atoms with Gasteiger partial charge in [-0.25, -0.2) is 4.99 Å². The van der Waals surface area contributed by atoms with Crippen molar-refractivity contribution in [1.82, 2.24) is 5.32 Å². The van der Waals surface area contributed by atoms with Crippen molar-refractivity contribution in [3.8, 4) is 17.2 Å². The van der Waals surface area contributed by atoms with Crippen molar-refractivity contribution in [2.45, 2.75) is 6.61 Å². The second-order valence-electron chi connectivity index (χ2n) is 6.97. The summed E-state index contributed by atoms with van der Waals surface area (Å²) in [5.74, 6) is 1.74. The highest BCUT2D eigenvalue weighted by molar-refractivity contribution is 8.18. The first kappa shape index (κ1) is 22.8. The van der Waals surface area contributed by atoms with Crippen LogP contribution in [0.2, 0.25) is 5.02 Å². The first-order valence-corrected chi connectivity index (χ1v) is 11.2. The predicted octanol–water partition coefficient (Wildman–Crippen LogP) is 5.83. The van der Waals surface area contributed by atoms with E-state index in [1.807, 2.05) is 54.6 Å². The normalized spacial score (nSPS) is 15.5. The zero-order chi connectivity index (χ0) is 23.2. The number of rotatable bonds is 7. The third kappa shape index (κ3) is 5.69. The number of methoxy groups -OCH3 is 2. The van der Waals surface area contributed by atoms with Crippen molar-refractivity contribution < 1.29 is 19.0 Å². The van der Waals surface area contributed by atoms with Gasteiger partial charge in [0.25, 0.3) is 5.91 Å². The molecule has 1 heterocycles. The summed E-state index contributed by atoms with van der Waals surface area (Å²) in [6, 6.07) is 20.4. The number of benzene rings is 3. The van der Waals surface area contributed by atoms with Gasteiger partial charge in [-0.3, -0.25) is 4.79 Å². The van der Waals surface area contributed by atoms with Crippen LogP contribution in [0.5, 0.6) is 17.2 Å². The van der Waals surface area contributed by atoms with E-state index in [0.29, 0.717) is 38.9 Å². The topological polar surface area (TPSA) is 69.2 Å². The summed E-state index contributed by atoms with van der Waals surface area (Å²) in [5, 5.41) is 3.94. The molecule has 0 aliphatic carbocycles. The van der Waals surface area contributed by atoms with Gasteiger partial charge in [0.15, 0.2) is 5.17 Å². The van der Waals surface area contributed by atoms with E-state index in [-0.39, 0.29) is 5.91 Å². The van der Waals surface area contributed by atoms with Crippen LogP contribution < -0.4 is 19.5 Å². The van der Waals surface area contributed by atoms with E-state index in [0.717, 1.165) is 16.9 Å². The van der Waals surface area contributed by atoms with Crippen LogP contribution in [0, 0.1) is 0 Å². The second kappa shape index (κ2) is 10.5. The molecular formula is C25H21ClN2O4S. The van der Waals surface area contributed by atoms with Crippen molar-refractivity contribution in [3.63, 3.8) is 0 Å². The number of amidine groups is 1. The molecule has 6 nitrogen and oxygen atoms in total. The molecule has 4 rings (SSSR count). The molecular weight excluding hydrogens is 460 g/mol. The van der Waals surface area contributed by atoms with Gasteiger partial charge in [-0.2, -0.15) is 0 Å². The quantitative estimate of drug-likeness (QED) is 0.431. The van der Waals surface area contributed by atoms with Crippen LogP contribution in [0.25, 0.3) is 6.08 Å². The van der Waals surface area contributed by atoms with E-state index in [1.165, 1.54) is 11.8 Å². The Bertz CT molecular complexity index is 1230. The standard InChI is InChI=1S/C25H21ClN2O4S/c1-30-19-11-12-21(22(14-19)31-2)27-25-28-24(29)23(33-25)13-16-7-9-18(10-8-16)32-15-17-5-3-4-6-20(17)26/h3-14H,15H2,1-2H3,(H,27,28,29)/b23-13-. The van der Waals surface area contributed by atoms with E-state index < -0.39 is 0 Å². The summed E-state index contributed by atoms with van der Waals surface area (Å²) >= 11 is 7.44. The van der Waals surface area contributed by atoms with Crippen LogP contribution in [-0.2, 0) is 11.4 Å². The third-order valence-electron chi connectivity index (χ3n) is 4.79. The molecule has 1 aliphatic heterocycles. The zero-order valence-electron chi connectivity index (χ0n) is 18.0. The van der Waals surface area contributed by atoms with Crippen molar-refractivity contribution in [2.75, 3.05) is 14.2 Å². The lowest BCUT2D eigenvalue weighted by atomic mass is 10.2. The summed E-state index contributed by atoms with van der Waals surface area (Å²) in [4.78, 5) is 17.5. The molecule has 1 aliphatic rings. The van der Waals surface area contributed by atoms with Gasteiger partial charge in [0.05, 0.1) is 19.1 Å². The Labute approximate surface area is 201 Å². The van der Waals surface area contributed by atoms with Gasteiger partial charge < -0.3 is 19.5 Å². The van der Waals surface area contributed by atoms with Crippen molar-refractivity contribution in [2.24, 2.45) is 4.99 Å². The molecule has 1 fully saturated rings. The van der Waals surface area contributed by atoms with Crippen LogP contribution in [0.15, 0.2) is 76.6 Å². The highest BCUT2D eigenvalue weighted by Crippen LogP contribution is 2.34. The summed E-state index contributed by atoms with van der Waals surface area (Å²) in [5.41, 5.74) is 2.40. The number of ether oxygens (including phenoxy) is 3. The Morgan fingerprint density at radius 1 is 1.00 bits per heavy atom. The van der Waals surface area contributed by atoms with Gasteiger partial charge in [-0.15, -0.1) is 0 Å². The molecule has 3 aromatic rings. The third-order valence-corrected chi connectivity index (χ3v) is 6.07. The Hall–Kier alpha value is -3.42. The van der Waals surface area contributed by atoms with Crippen LogP contribution in [0.4, 0.5) is 5.69 Å². The maximum absolute atomic E-state index is 12.4. The number of hydrogen-bond donors (Lipinski definition) is 1. The molecule has 0 atom stereocenters. The molecule has 8 heteroatoms. The van der Waals surface area contributed by atoms with Crippen LogP contribution in [0.1, 0.15) is 11.1 Å². The van der Waals surface area contributed by atoms with Crippen LogP contribution >= 0.6 is 23.4 Å². The molecule has 1 saturated heterocycles. The van der Waals surface area contributed by atoms with Crippen LogP contribution in [-0.4, -0.2) is 25.3 Å². The molecule has 0 aromatic heterocycles. The fourth-order valence-corrected chi connectivity index (χ4v) is 4.08. The minimum Gasteiger partial charge on any atom is -0.497 e. The van der Waals surface area contributed by atoms with E-state index >= 15 is 0 Å². The van der Waals surface area contributed by atoms with Crippen molar-refractivity contribution >= 4 is 46.2 Å². The first-order valence-electron chi connectivity index (χ1n) is 10.0. The fraction of sp³-hybridized carbons (Fsp3) is 0.120. The summed E-state index contributed by atoms with van der Waals surface area (Å²) < 4.78 is 16.4. The number of halogens is 1. The molecule has 0 spiro atoms. The lowest BCUT2D eigenvalue weighted by molar-refractivity contribution is -0.115. The molecule has 0 saturated carbocycles. The lowest BCUT2D eigenvalue weighted by Gasteiger charge is -2.08. The molecule has 0 unspecified atom stereocenters. The van der Waals surface area contributed by atoms with E-state index in [1.54, 1.807) is 32.4 Å². The number of hydrogen-bond acceptors (Lipinski definition) is 6. The molecule has 168 valence electrons. The maximum atomic E-state index is 12.4. The smallest absolute Gasteiger partial charge is 0.264 e. The Kier molecular flexibility index (Phi) is 7.22. The molecule has 0 bridgehead atoms. The summed E-state index contributed by atoms with van der Waals surface area (Å²) in [6.07, 6.45) is 1.81. The van der Waals surface area contributed by atoms with Crippen LogP contribution in [0.3, 0.4) is 0 Å². The number of carbonyl (C=O) groups is 1. The zero-order valence-corrected chi connectivity index (χ0v) is 19.6. The number of amides is 1. The van der Waals surface area contributed by atoms with E-state index in [9.17, 15) is 4.79 Å². The number of aliphatic imine (C=N–C) groups is 1. The van der Waals surface area contributed by atoms with Gasteiger partial charge in [0, 0.05) is 16.7 Å². The summed E-state index contributed by atoms with van der Waals surface area (Å²) in [6.45, 7) is 0.382. The van der Waals surface area contributed by atoms with E-state index in [4.69, 9.17) is 25.8 Å². The predicted molar refractivity (Wildman–Crippen MR) is 133 cm³/mol.